The number of hydrogen-bond donors (Lipinski definition) is 2. The fraction of sp³-hybridized carbons (Fsp3) is 0.0690. The minimum absolute atomic E-state index is 0.152. The van der Waals surface area contributed by atoms with Gasteiger partial charge in [0.2, 0.25) is 0 Å². The second kappa shape index (κ2) is 11.5. The van der Waals surface area contributed by atoms with Gasteiger partial charge in [0, 0.05) is 16.3 Å². The van der Waals surface area contributed by atoms with E-state index in [2.05, 4.69) is 10.6 Å². The van der Waals surface area contributed by atoms with Crippen LogP contribution < -0.4 is 25.0 Å². The molecule has 0 radical (unpaired) electrons. The van der Waals surface area contributed by atoms with Gasteiger partial charge in [-0.25, -0.2) is 4.90 Å². The van der Waals surface area contributed by atoms with Gasteiger partial charge in [-0.05, 0) is 78.2 Å². The van der Waals surface area contributed by atoms with Crippen molar-refractivity contribution in [2.45, 2.75) is 4.90 Å². The van der Waals surface area contributed by atoms with Gasteiger partial charge in [0.05, 0.1) is 24.8 Å². The first-order valence-electron chi connectivity index (χ1n) is 11.8. The summed E-state index contributed by atoms with van der Waals surface area (Å²) in [7, 11) is 3.12. The fourth-order valence-corrected chi connectivity index (χ4v) is 5.46. The normalized spacial score (nSPS) is 13.0. The molecular formula is C29H23N3O5S2. The van der Waals surface area contributed by atoms with Crippen molar-refractivity contribution in [3.63, 3.8) is 0 Å². The van der Waals surface area contributed by atoms with Crippen molar-refractivity contribution in [2.75, 3.05) is 29.8 Å². The average molecular weight is 558 g/mol. The lowest BCUT2D eigenvalue weighted by Crippen LogP contribution is -2.32. The first kappa shape index (κ1) is 26.1. The molecule has 10 heteroatoms. The van der Waals surface area contributed by atoms with E-state index in [0.29, 0.717) is 38.3 Å². The standard InChI is InChI=1S/C29H23N3O5S2/c1-36-21-12-8-18(9-13-21)30-25-26(29(35)32(28(25)34)20-10-14-22(37-2)15-11-20)39-23-6-3-5-19(17-23)31-27(33)24-7-4-16-38-24/h3-17,30H,1-2H3,(H,31,33). The Kier molecular flexibility index (Phi) is 7.67. The van der Waals surface area contributed by atoms with Gasteiger partial charge in [0.1, 0.15) is 22.1 Å². The number of rotatable bonds is 9. The largest absolute Gasteiger partial charge is 0.497 e. The van der Waals surface area contributed by atoms with Gasteiger partial charge in [-0.15, -0.1) is 11.3 Å². The Labute approximate surface area is 233 Å². The number of ether oxygens (including phenoxy) is 2. The molecule has 1 aliphatic rings. The van der Waals surface area contributed by atoms with Crippen LogP contribution in [0.5, 0.6) is 11.5 Å². The summed E-state index contributed by atoms with van der Waals surface area (Å²) in [5.41, 5.74) is 1.78. The van der Waals surface area contributed by atoms with Crippen LogP contribution in [0.4, 0.5) is 17.1 Å². The van der Waals surface area contributed by atoms with Crippen LogP contribution in [-0.4, -0.2) is 31.9 Å². The van der Waals surface area contributed by atoms with Crippen LogP contribution in [-0.2, 0) is 9.59 Å². The predicted molar refractivity (Wildman–Crippen MR) is 154 cm³/mol. The van der Waals surface area contributed by atoms with E-state index in [1.54, 1.807) is 87.0 Å². The van der Waals surface area contributed by atoms with E-state index < -0.39 is 11.8 Å². The third kappa shape index (κ3) is 5.66. The number of hydrogen-bond acceptors (Lipinski definition) is 8. The summed E-state index contributed by atoms with van der Waals surface area (Å²) in [6.07, 6.45) is 0. The van der Waals surface area contributed by atoms with Gasteiger partial charge < -0.3 is 20.1 Å². The topological polar surface area (TPSA) is 97.0 Å². The number of thioether (sulfide) groups is 1. The Bertz CT molecular complexity index is 1550. The van der Waals surface area contributed by atoms with Crippen molar-refractivity contribution in [3.8, 4) is 11.5 Å². The highest BCUT2D eigenvalue weighted by atomic mass is 32.2. The fourth-order valence-electron chi connectivity index (χ4n) is 3.85. The Morgan fingerprint density at radius 2 is 1.51 bits per heavy atom. The first-order valence-corrected chi connectivity index (χ1v) is 13.5. The Morgan fingerprint density at radius 1 is 0.821 bits per heavy atom. The van der Waals surface area contributed by atoms with Crippen LogP contribution in [0, 0.1) is 0 Å². The minimum Gasteiger partial charge on any atom is -0.497 e. The number of carbonyl (C=O) groups is 3. The van der Waals surface area contributed by atoms with Gasteiger partial charge in [0.15, 0.2) is 0 Å². The summed E-state index contributed by atoms with van der Waals surface area (Å²) in [6.45, 7) is 0. The highest BCUT2D eigenvalue weighted by molar-refractivity contribution is 8.04. The Balaban J connectivity index is 1.46. The molecule has 1 aromatic heterocycles. The van der Waals surface area contributed by atoms with Crippen LogP contribution in [0.15, 0.2) is 106 Å². The molecule has 1 aliphatic heterocycles. The molecule has 0 spiro atoms. The lowest BCUT2D eigenvalue weighted by molar-refractivity contribution is -0.120. The van der Waals surface area contributed by atoms with Crippen molar-refractivity contribution in [2.24, 2.45) is 0 Å². The highest BCUT2D eigenvalue weighted by Gasteiger charge is 2.40. The Hall–Kier alpha value is -4.54. The molecule has 39 heavy (non-hydrogen) atoms. The molecule has 2 N–H and O–H groups in total. The molecule has 196 valence electrons. The molecule has 3 amide bonds. The van der Waals surface area contributed by atoms with Crippen LogP contribution in [0.2, 0.25) is 0 Å². The maximum atomic E-state index is 13.7. The molecule has 2 heterocycles. The number of methoxy groups -OCH3 is 2. The van der Waals surface area contributed by atoms with Gasteiger partial charge in [-0.1, -0.05) is 23.9 Å². The number of amides is 3. The third-order valence-corrected chi connectivity index (χ3v) is 7.73. The van der Waals surface area contributed by atoms with Crippen LogP contribution in [0.3, 0.4) is 0 Å². The molecule has 8 nitrogen and oxygen atoms in total. The molecule has 0 atom stereocenters. The maximum absolute atomic E-state index is 13.7. The molecule has 3 aromatic carbocycles. The Morgan fingerprint density at radius 3 is 2.15 bits per heavy atom. The van der Waals surface area contributed by atoms with Gasteiger partial charge in [-0.3, -0.25) is 14.4 Å². The van der Waals surface area contributed by atoms with Crippen LogP contribution in [0.1, 0.15) is 9.67 Å². The SMILES string of the molecule is COc1ccc(NC2=C(Sc3cccc(NC(=O)c4cccs4)c3)C(=O)N(c3ccc(OC)cc3)C2=O)cc1. The van der Waals surface area contributed by atoms with Crippen molar-refractivity contribution in [1.29, 1.82) is 0 Å². The summed E-state index contributed by atoms with van der Waals surface area (Å²) in [5.74, 6) is 0.119. The molecule has 0 fully saturated rings. The number of anilines is 3. The second-order valence-electron chi connectivity index (χ2n) is 8.26. The van der Waals surface area contributed by atoms with Crippen molar-refractivity contribution < 1.29 is 23.9 Å². The number of benzene rings is 3. The van der Waals surface area contributed by atoms with Gasteiger partial charge >= 0.3 is 0 Å². The van der Waals surface area contributed by atoms with E-state index in [-0.39, 0.29) is 16.5 Å². The van der Waals surface area contributed by atoms with E-state index in [1.165, 1.54) is 11.3 Å². The molecule has 0 bridgehead atoms. The van der Waals surface area contributed by atoms with E-state index in [0.717, 1.165) is 16.7 Å². The zero-order chi connectivity index (χ0) is 27.4. The highest BCUT2D eigenvalue weighted by Crippen LogP contribution is 2.39. The van der Waals surface area contributed by atoms with Gasteiger partial charge in [-0.2, -0.15) is 0 Å². The van der Waals surface area contributed by atoms with Gasteiger partial charge in [0.25, 0.3) is 17.7 Å². The monoisotopic (exact) mass is 557 g/mol. The quantitative estimate of drug-likeness (QED) is 0.243. The summed E-state index contributed by atoms with van der Waals surface area (Å²) < 4.78 is 10.4. The zero-order valence-electron chi connectivity index (χ0n) is 21.0. The van der Waals surface area contributed by atoms with Crippen molar-refractivity contribution in [3.05, 3.63) is 106 Å². The maximum Gasteiger partial charge on any atom is 0.283 e. The molecule has 5 rings (SSSR count). The molecule has 0 unspecified atom stereocenters. The molecule has 4 aromatic rings. The summed E-state index contributed by atoms with van der Waals surface area (Å²) >= 11 is 2.50. The predicted octanol–water partition coefficient (Wildman–Crippen LogP) is 6.01. The third-order valence-electron chi connectivity index (χ3n) is 5.79. The van der Waals surface area contributed by atoms with E-state index in [1.807, 2.05) is 17.5 Å². The zero-order valence-corrected chi connectivity index (χ0v) is 22.6. The van der Waals surface area contributed by atoms with E-state index in [4.69, 9.17) is 9.47 Å². The summed E-state index contributed by atoms with van der Waals surface area (Å²) in [6, 6.07) is 24.5. The van der Waals surface area contributed by atoms with Crippen molar-refractivity contribution in [1.82, 2.24) is 0 Å². The number of nitrogens with zero attached hydrogens (tertiary/aromatic N) is 1. The lowest BCUT2D eigenvalue weighted by atomic mass is 10.2. The van der Waals surface area contributed by atoms with E-state index >= 15 is 0 Å². The lowest BCUT2D eigenvalue weighted by Gasteiger charge is -2.15. The second-order valence-corrected chi connectivity index (χ2v) is 10.3. The van der Waals surface area contributed by atoms with Crippen molar-refractivity contribution >= 4 is 57.9 Å². The molecule has 0 aliphatic carbocycles. The smallest absolute Gasteiger partial charge is 0.283 e. The average Bonchev–Trinajstić information content (AvgIpc) is 3.58. The van der Waals surface area contributed by atoms with E-state index in [9.17, 15) is 14.4 Å². The molecule has 0 saturated carbocycles. The molecule has 0 saturated heterocycles. The van der Waals surface area contributed by atoms with Crippen LogP contribution >= 0.6 is 23.1 Å². The number of thiophene rings is 1. The van der Waals surface area contributed by atoms with Crippen LogP contribution in [0.25, 0.3) is 0 Å². The number of imide groups is 1. The first-order chi connectivity index (χ1) is 19.0. The number of nitrogens with one attached hydrogen (secondary N) is 2. The molecular weight excluding hydrogens is 534 g/mol. The minimum atomic E-state index is -0.481. The summed E-state index contributed by atoms with van der Waals surface area (Å²) in [5, 5.41) is 7.84. The summed E-state index contributed by atoms with van der Waals surface area (Å²) in [4.78, 5) is 42.4. The number of carbonyl (C=O) groups excluding carboxylic acids is 3.